The Hall–Kier alpha value is -0.350. The average Bonchev–Trinajstić information content (AvgIpc) is 2.60. The summed E-state index contributed by atoms with van der Waals surface area (Å²) in [5.74, 6) is -1.56. The Balaban J connectivity index is 0.00000112. The van der Waals surface area contributed by atoms with Gasteiger partial charge in [0.2, 0.25) is 0 Å². The second-order valence-electron chi connectivity index (χ2n) is 3.23. The third kappa shape index (κ3) is 2.42. The van der Waals surface area contributed by atoms with E-state index in [0.29, 0.717) is 0 Å². The molecule has 1 heterocycles. The number of hydrogen-bond acceptors (Lipinski definition) is 3. The Morgan fingerprint density at radius 3 is 2.73 bits per heavy atom. The van der Waals surface area contributed by atoms with E-state index >= 15 is 0 Å². The van der Waals surface area contributed by atoms with Gasteiger partial charge in [-0.05, 0) is 22.4 Å². The molecule has 0 N–H and O–H groups in total. The van der Waals surface area contributed by atoms with Crippen LogP contribution < -0.4 is 34.7 Å². The molecule has 0 fully saturated rings. The van der Waals surface area contributed by atoms with Crippen LogP contribution in [0.25, 0.3) is 10.1 Å². The molecule has 0 aliphatic heterocycles. The first kappa shape index (κ1) is 12.7. The first-order valence-electron chi connectivity index (χ1n) is 4.37. The monoisotopic (exact) mass is 228 g/mol. The van der Waals surface area contributed by atoms with E-state index in [9.17, 15) is 9.90 Å². The summed E-state index contributed by atoms with van der Waals surface area (Å²) in [7, 11) is 0. The van der Waals surface area contributed by atoms with E-state index in [1.807, 2.05) is 29.6 Å². The summed E-state index contributed by atoms with van der Waals surface area (Å²) in [5.41, 5.74) is 0.852. The van der Waals surface area contributed by atoms with Crippen molar-refractivity contribution in [3.05, 3.63) is 35.2 Å². The maximum atomic E-state index is 10.7. The van der Waals surface area contributed by atoms with Gasteiger partial charge in [0.1, 0.15) is 0 Å². The molecule has 0 radical (unpaired) electrons. The van der Waals surface area contributed by atoms with Gasteiger partial charge < -0.3 is 9.90 Å². The smallest absolute Gasteiger partial charge is 0.550 e. The summed E-state index contributed by atoms with van der Waals surface area (Å²) in [4.78, 5) is 10.7. The quantitative estimate of drug-likeness (QED) is 0.603. The van der Waals surface area contributed by atoms with E-state index in [0.717, 1.165) is 15.6 Å². The van der Waals surface area contributed by atoms with Gasteiger partial charge in [-0.25, -0.2) is 0 Å². The maximum Gasteiger partial charge on any atom is 1.00 e. The summed E-state index contributed by atoms with van der Waals surface area (Å²) < 4.78 is 1.12. The van der Waals surface area contributed by atoms with Gasteiger partial charge in [-0.3, -0.25) is 0 Å². The summed E-state index contributed by atoms with van der Waals surface area (Å²) in [6.45, 7) is 1.66. The number of carbonyl (C=O) groups excluding carboxylic acids is 1. The number of carbonyl (C=O) groups is 1. The number of carboxylic acids is 1. The van der Waals surface area contributed by atoms with Crippen LogP contribution in [0, 0.1) is 0 Å². The molecule has 2 rings (SSSR count). The van der Waals surface area contributed by atoms with Gasteiger partial charge in [-0.1, -0.05) is 25.1 Å². The Morgan fingerprint density at radius 2 is 2.07 bits per heavy atom. The molecule has 1 atom stereocenters. The molecule has 0 spiro atoms. The van der Waals surface area contributed by atoms with E-state index in [-0.39, 0.29) is 29.6 Å². The van der Waals surface area contributed by atoms with Crippen molar-refractivity contribution in [3.63, 3.8) is 0 Å². The first-order chi connectivity index (χ1) is 6.70. The largest absolute Gasteiger partial charge is 1.00 e. The predicted octanol–water partition coefficient (Wildman–Crippen LogP) is -1.24. The molecular formula is C11H9NaO2S. The van der Waals surface area contributed by atoms with Gasteiger partial charge in [-0.2, -0.15) is 0 Å². The number of aliphatic carboxylic acids is 1. The van der Waals surface area contributed by atoms with Crippen LogP contribution in [0.15, 0.2) is 29.6 Å². The van der Waals surface area contributed by atoms with Gasteiger partial charge in [0, 0.05) is 16.6 Å². The molecule has 0 saturated carbocycles. The topological polar surface area (TPSA) is 40.1 Å². The Bertz CT molecular complexity index is 478. The van der Waals surface area contributed by atoms with Crippen molar-refractivity contribution in [3.8, 4) is 0 Å². The van der Waals surface area contributed by atoms with Crippen molar-refractivity contribution in [2.24, 2.45) is 0 Å². The van der Waals surface area contributed by atoms with Crippen LogP contribution in [0.1, 0.15) is 18.4 Å². The van der Waals surface area contributed by atoms with Crippen molar-refractivity contribution >= 4 is 27.4 Å². The Kier molecular flexibility index (Phi) is 4.34. The number of hydrogen-bond donors (Lipinski definition) is 0. The molecule has 0 aliphatic carbocycles. The molecule has 0 aliphatic rings. The van der Waals surface area contributed by atoms with Gasteiger partial charge in [0.15, 0.2) is 0 Å². The van der Waals surface area contributed by atoms with E-state index in [1.165, 1.54) is 0 Å². The van der Waals surface area contributed by atoms with E-state index < -0.39 is 11.9 Å². The molecule has 0 saturated heterocycles. The minimum atomic E-state index is -1.02. The second-order valence-corrected chi connectivity index (χ2v) is 4.14. The van der Waals surface area contributed by atoms with Gasteiger partial charge >= 0.3 is 29.6 Å². The molecule has 0 amide bonds. The maximum absolute atomic E-state index is 10.7. The number of benzene rings is 1. The predicted molar refractivity (Wildman–Crippen MR) is 55.2 cm³/mol. The van der Waals surface area contributed by atoms with Crippen molar-refractivity contribution in [1.82, 2.24) is 0 Å². The minimum absolute atomic E-state index is 0. The fourth-order valence-corrected chi connectivity index (χ4v) is 2.52. The summed E-state index contributed by atoms with van der Waals surface area (Å²) in [6.07, 6.45) is 0. The van der Waals surface area contributed by atoms with Crippen LogP contribution in [0.4, 0.5) is 0 Å². The Morgan fingerprint density at radius 1 is 1.40 bits per heavy atom. The zero-order valence-electron chi connectivity index (χ0n) is 8.69. The summed E-state index contributed by atoms with van der Waals surface area (Å²) >= 11 is 1.57. The average molecular weight is 228 g/mol. The molecule has 1 aromatic carbocycles. The minimum Gasteiger partial charge on any atom is -0.550 e. The van der Waals surface area contributed by atoms with Crippen LogP contribution in [0.5, 0.6) is 0 Å². The molecule has 2 aromatic rings. The standard InChI is InChI=1S/C11H10O2S.Na/c1-7(11(12)13)9-6-14-10-5-3-2-4-8(9)10;/h2-7H,1H3,(H,12,13);/q;+1/p-1/t7-;/m0./s1. The molecular weight excluding hydrogens is 219 g/mol. The van der Waals surface area contributed by atoms with Gasteiger partial charge in [-0.15, -0.1) is 11.3 Å². The zero-order chi connectivity index (χ0) is 10.1. The number of rotatable bonds is 2. The molecule has 0 unspecified atom stereocenters. The molecule has 1 aromatic heterocycles. The molecule has 0 bridgehead atoms. The molecule has 15 heavy (non-hydrogen) atoms. The fraction of sp³-hybridized carbons (Fsp3) is 0.182. The van der Waals surface area contributed by atoms with Gasteiger partial charge in [0.05, 0.1) is 0 Å². The van der Waals surface area contributed by atoms with Gasteiger partial charge in [0.25, 0.3) is 0 Å². The third-order valence-electron chi connectivity index (χ3n) is 2.33. The normalized spacial score (nSPS) is 12.1. The third-order valence-corrected chi connectivity index (χ3v) is 3.31. The number of thiophene rings is 1. The SMILES string of the molecule is C[C@H](C(=O)[O-])c1csc2ccccc12.[Na+]. The van der Waals surface area contributed by atoms with Crippen molar-refractivity contribution in [2.75, 3.05) is 0 Å². The number of fused-ring (bicyclic) bond motifs is 1. The second kappa shape index (κ2) is 5.12. The first-order valence-corrected chi connectivity index (χ1v) is 5.25. The Labute approximate surface area is 114 Å². The number of carboxylic acid groups (broad SMARTS) is 1. The molecule has 4 heteroatoms. The van der Waals surface area contributed by atoms with E-state index in [1.54, 1.807) is 18.3 Å². The van der Waals surface area contributed by atoms with Crippen LogP contribution in [0.2, 0.25) is 0 Å². The zero-order valence-corrected chi connectivity index (χ0v) is 11.5. The summed E-state index contributed by atoms with van der Waals surface area (Å²) in [6, 6.07) is 7.80. The van der Waals surface area contributed by atoms with Crippen molar-refractivity contribution < 1.29 is 39.5 Å². The van der Waals surface area contributed by atoms with Crippen molar-refractivity contribution in [2.45, 2.75) is 12.8 Å². The molecule has 2 nitrogen and oxygen atoms in total. The van der Waals surface area contributed by atoms with E-state index in [2.05, 4.69) is 0 Å². The summed E-state index contributed by atoms with van der Waals surface area (Å²) in [5, 5.41) is 13.7. The molecule has 72 valence electrons. The van der Waals surface area contributed by atoms with Crippen LogP contribution in [0.3, 0.4) is 0 Å². The van der Waals surface area contributed by atoms with E-state index in [4.69, 9.17) is 0 Å². The van der Waals surface area contributed by atoms with Crippen molar-refractivity contribution in [1.29, 1.82) is 0 Å². The van der Waals surface area contributed by atoms with Crippen LogP contribution >= 0.6 is 11.3 Å². The fourth-order valence-electron chi connectivity index (χ4n) is 1.46. The van der Waals surface area contributed by atoms with Crippen LogP contribution in [-0.2, 0) is 4.79 Å². The van der Waals surface area contributed by atoms with Crippen LogP contribution in [-0.4, -0.2) is 5.97 Å².